The molecule has 4 N–H and O–H groups in total. The van der Waals surface area contributed by atoms with Gasteiger partial charge in [-0.25, -0.2) is 0 Å². The fourth-order valence-electron chi connectivity index (χ4n) is 1.98. The van der Waals surface area contributed by atoms with Gasteiger partial charge in [-0.3, -0.25) is 9.78 Å². The van der Waals surface area contributed by atoms with Crippen molar-refractivity contribution in [3.63, 3.8) is 0 Å². The number of amides is 1. The minimum Gasteiger partial charge on any atom is -0.505 e. The van der Waals surface area contributed by atoms with Crippen molar-refractivity contribution >= 4 is 17.3 Å². The third kappa shape index (κ3) is 2.53. The first-order valence-corrected chi connectivity index (χ1v) is 6.28. The average molecular weight is 287 g/mol. The fourth-order valence-corrected chi connectivity index (χ4v) is 1.98. The Kier molecular flexibility index (Phi) is 3.23. The smallest absolute Gasteiger partial charge is 0.259 e. The van der Waals surface area contributed by atoms with Crippen molar-refractivity contribution in [3.8, 4) is 17.2 Å². The van der Waals surface area contributed by atoms with E-state index in [4.69, 9.17) is 15.2 Å². The van der Waals surface area contributed by atoms with Crippen LogP contribution in [0, 0.1) is 0 Å². The van der Waals surface area contributed by atoms with Gasteiger partial charge in [0.15, 0.2) is 11.5 Å². The highest BCUT2D eigenvalue weighted by molar-refractivity contribution is 6.07. The van der Waals surface area contributed by atoms with Gasteiger partial charge >= 0.3 is 0 Å². The quantitative estimate of drug-likeness (QED) is 0.721. The molecule has 0 unspecified atom stereocenters. The molecule has 2 aromatic rings. The Bertz CT molecular complexity index is 703. The number of nitrogens with two attached hydrogens (primary N) is 1. The van der Waals surface area contributed by atoms with Crippen molar-refractivity contribution in [3.05, 3.63) is 36.2 Å². The van der Waals surface area contributed by atoms with Gasteiger partial charge in [-0.1, -0.05) is 0 Å². The summed E-state index contributed by atoms with van der Waals surface area (Å²) in [6, 6.07) is 4.61. The van der Waals surface area contributed by atoms with Crippen LogP contribution in [0.2, 0.25) is 0 Å². The molecule has 1 aliphatic heterocycles. The number of ether oxygens (including phenoxy) is 2. The van der Waals surface area contributed by atoms with E-state index in [0.717, 1.165) is 0 Å². The van der Waals surface area contributed by atoms with Crippen LogP contribution >= 0.6 is 0 Å². The van der Waals surface area contributed by atoms with Crippen molar-refractivity contribution in [2.24, 2.45) is 0 Å². The second-order valence-corrected chi connectivity index (χ2v) is 4.43. The van der Waals surface area contributed by atoms with Crippen molar-refractivity contribution < 1.29 is 19.4 Å². The zero-order valence-electron chi connectivity index (χ0n) is 11.0. The summed E-state index contributed by atoms with van der Waals surface area (Å²) in [5, 5.41) is 12.3. The van der Waals surface area contributed by atoms with Gasteiger partial charge in [0.25, 0.3) is 5.91 Å². The van der Waals surface area contributed by atoms with Gasteiger partial charge < -0.3 is 25.6 Å². The molecule has 0 bridgehead atoms. The maximum Gasteiger partial charge on any atom is 0.259 e. The van der Waals surface area contributed by atoms with Gasteiger partial charge in [-0.15, -0.1) is 0 Å². The largest absolute Gasteiger partial charge is 0.505 e. The molecule has 0 fully saturated rings. The van der Waals surface area contributed by atoms with Crippen molar-refractivity contribution in [2.45, 2.75) is 0 Å². The zero-order chi connectivity index (χ0) is 14.8. The van der Waals surface area contributed by atoms with Crippen LogP contribution in [-0.4, -0.2) is 29.2 Å². The number of carbonyl (C=O) groups is 1. The monoisotopic (exact) mass is 287 g/mol. The first kappa shape index (κ1) is 13.0. The lowest BCUT2D eigenvalue weighted by atomic mass is 10.2. The van der Waals surface area contributed by atoms with Crippen LogP contribution < -0.4 is 20.5 Å². The zero-order valence-corrected chi connectivity index (χ0v) is 11.0. The normalized spacial score (nSPS) is 12.8. The number of nitrogen functional groups attached to an aromatic ring is 1. The Balaban J connectivity index is 1.88. The molecule has 0 spiro atoms. The van der Waals surface area contributed by atoms with E-state index in [1.54, 1.807) is 12.1 Å². The van der Waals surface area contributed by atoms with Gasteiger partial charge in [0.1, 0.15) is 19.0 Å². The molecule has 7 nitrogen and oxygen atoms in total. The van der Waals surface area contributed by atoms with Crippen LogP contribution in [-0.2, 0) is 0 Å². The molecule has 21 heavy (non-hydrogen) atoms. The molecule has 0 aliphatic carbocycles. The van der Waals surface area contributed by atoms with Gasteiger partial charge in [-0.2, -0.15) is 0 Å². The van der Waals surface area contributed by atoms with Crippen LogP contribution in [0.1, 0.15) is 10.4 Å². The van der Waals surface area contributed by atoms with E-state index in [1.807, 2.05) is 0 Å². The number of benzene rings is 1. The standard InChI is InChI=1S/C14H13N3O4/c15-9-5-12-13(21-4-3-20-12)6-10(9)17-14(19)8-1-2-16-7-11(8)18/h1-2,5-7,18H,3-4,15H2,(H,17,19). The average Bonchev–Trinajstić information content (AvgIpc) is 2.48. The number of aromatic nitrogens is 1. The molecular formula is C14H13N3O4. The Hall–Kier alpha value is -2.96. The lowest BCUT2D eigenvalue weighted by Gasteiger charge is -2.20. The van der Waals surface area contributed by atoms with Crippen LogP contribution in [0.4, 0.5) is 11.4 Å². The summed E-state index contributed by atoms with van der Waals surface area (Å²) in [5.74, 6) is 0.373. The predicted molar refractivity (Wildman–Crippen MR) is 75.7 cm³/mol. The van der Waals surface area contributed by atoms with Crippen molar-refractivity contribution in [2.75, 3.05) is 24.3 Å². The number of hydrogen-bond acceptors (Lipinski definition) is 6. The second kappa shape index (κ2) is 5.20. The van der Waals surface area contributed by atoms with E-state index >= 15 is 0 Å². The van der Waals surface area contributed by atoms with E-state index in [2.05, 4.69) is 10.3 Å². The Morgan fingerprint density at radius 2 is 2.00 bits per heavy atom. The van der Waals surface area contributed by atoms with Gasteiger partial charge in [0.05, 0.1) is 23.1 Å². The van der Waals surface area contributed by atoms with E-state index in [1.165, 1.54) is 18.5 Å². The molecule has 1 aliphatic rings. The molecule has 0 saturated heterocycles. The third-order valence-electron chi connectivity index (χ3n) is 3.01. The predicted octanol–water partition coefficient (Wildman–Crippen LogP) is 1.39. The number of anilines is 2. The van der Waals surface area contributed by atoms with Gasteiger partial charge in [0, 0.05) is 18.3 Å². The lowest BCUT2D eigenvalue weighted by molar-refractivity contribution is 0.102. The van der Waals surface area contributed by atoms with Crippen LogP contribution in [0.3, 0.4) is 0 Å². The molecule has 1 amide bonds. The number of fused-ring (bicyclic) bond motifs is 1. The first-order chi connectivity index (χ1) is 10.1. The number of rotatable bonds is 2. The van der Waals surface area contributed by atoms with Crippen molar-refractivity contribution in [1.82, 2.24) is 4.98 Å². The van der Waals surface area contributed by atoms with Crippen LogP contribution in [0.5, 0.6) is 17.2 Å². The molecule has 1 aromatic heterocycles. The number of carbonyl (C=O) groups excluding carboxylic acids is 1. The lowest BCUT2D eigenvalue weighted by Crippen LogP contribution is -2.17. The molecule has 7 heteroatoms. The number of aromatic hydroxyl groups is 1. The molecule has 108 valence electrons. The molecule has 0 saturated carbocycles. The summed E-state index contributed by atoms with van der Waals surface area (Å²) < 4.78 is 10.8. The number of hydrogen-bond donors (Lipinski definition) is 3. The summed E-state index contributed by atoms with van der Waals surface area (Å²) in [6.07, 6.45) is 2.61. The Morgan fingerprint density at radius 3 is 2.71 bits per heavy atom. The van der Waals surface area contributed by atoms with Crippen molar-refractivity contribution in [1.29, 1.82) is 0 Å². The maximum absolute atomic E-state index is 12.1. The SMILES string of the molecule is Nc1cc2c(cc1NC(=O)c1ccncc1O)OCCO2. The Morgan fingerprint density at radius 1 is 1.29 bits per heavy atom. The summed E-state index contributed by atoms with van der Waals surface area (Å²) in [4.78, 5) is 15.8. The summed E-state index contributed by atoms with van der Waals surface area (Å²) in [7, 11) is 0. The third-order valence-corrected chi connectivity index (χ3v) is 3.01. The molecule has 1 aromatic carbocycles. The first-order valence-electron chi connectivity index (χ1n) is 6.28. The maximum atomic E-state index is 12.1. The highest BCUT2D eigenvalue weighted by Crippen LogP contribution is 2.37. The van der Waals surface area contributed by atoms with E-state index in [-0.39, 0.29) is 11.3 Å². The minimum atomic E-state index is -0.488. The fraction of sp³-hybridized carbons (Fsp3) is 0.143. The van der Waals surface area contributed by atoms with E-state index in [9.17, 15) is 9.90 Å². The van der Waals surface area contributed by atoms with E-state index in [0.29, 0.717) is 36.1 Å². The highest BCUT2D eigenvalue weighted by atomic mass is 16.6. The Labute approximate surface area is 120 Å². The number of nitrogens with one attached hydrogen (secondary N) is 1. The molecule has 2 heterocycles. The number of pyridine rings is 1. The summed E-state index contributed by atoms with van der Waals surface area (Å²) >= 11 is 0. The summed E-state index contributed by atoms with van der Waals surface area (Å²) in [6.45, 7) is 0.901. The highest BCUT2D eigenvalue weighted by Gasteiger charge is 2.17. The van der Waals surface area contributed by atoms with Gasteiger partial charge in [0.2, 0.25) is 0 Å². The number of nitrogens with zero attached hydrogens (tertiary/aromatic N) is 1. The molecule has 0 atom stereocenters. The second-order valence-electron chi connectivity index (χ2n) is 4.43. The van der Waals surface area contributed by atoms with Crippen LogP contribution in [0.25, 0.3) is 0 Å². The summed E-state index contributed by atoms with van der Waals surface area (Å²) in [5.41, 5.74) is 6.73. The minimum absolute atomic E-state index is 0.110. The molecule has 0 radical (unpaired) electrons. The molecular weight excluding hydrogens is 274 g/mol. The van der Waals surface area contributed by atoms with Crippen LogP contribution in [0.15, 0.2) is 30.6 Å². The molecule has 3 rings (SSSR count). The van der Waals surface area contributed by atoms with Gasteiger partial charge in [-0.05, 0) is 6.07 Å². The van der Waals surface area contributed by atoms with E-state index < -0.39 is 5.91 Å². The topological polar surface area (TPSA) is 107 Å².